The number of rotatable bonds is 5. The van der Waals surface area contributed by atoms with Gasteiger partial charge in [0.05, 0.1) is 23.0 Å². The zero-order valence-electron chi connectivity index (χ0n) is 14.4. The molecule has 0 aliphatic heterocycles. The second-order valence-corrected chi connectivity index (χ2v) is 5.74. The molecule has 2 aromatic heterocycles. The third-order valence-corrected chi connectivity index (χ3v) is 3.78. The van der Waals surface area contributed by atoms with Gasteiger partial charge in [0.25, 0.3) is 11.8 Å². The SMILES string of the molecule is Cc1ccc(C(=O)Nc2ccccc2C(=O)NC(C)c2ccncn2)o1. The second kappa shape index (κ2) is 7.60. The Hall–Kier alpha value is -3.48. The van der Waals surface area contributed by atoms with Gasteiger partial charge in [-0.1, -0.05) is 12.1 Å². The van der Waals surface area contributed by atoms with E-state index in [2.05, 4.69) is 20.6 Å². The van der Waals surface area contributed by atoms with Crippen molar-refractivity contribution in [1.82, 2.24) is 15.3 Å². The first kappa shape index (κ1) is 17.3. The lowest BCUT2D eigenvalue weighted by molar-refractivity contribution is 0.0940. The summed E-state index contributed by atoms with van der Waals surface area (Å²) in [6.45, 7) is 3.58. The molecule has 0 radical (unpaired) electrons. The van der Waals surface area contributed by atoms with Crippen molar-refractivity contribution in [2.24, 2.45) is 0 Å². The molecule has 0 spiro atoms. The monoisotopic (exact) mass is 350 g/mol. The molecule has 2 heterocycles. The van der Waals surface area contributed by atoms with Crippen LogP contribution in [0.25, 0.3) is 0 Å². The maximum atomic E-state index is 12.6. The zero-order valence-corrected chi connectivity index (χ0v) is 14.4. The fourth-order valence-electron chi connectivity index (χ4n) is 2.44. The fraction of sp³-hybridized carbons (Fsp3) is 0.158. The van der Waals surface area contributed by atoms with Gasteiger partial charge in [-0.3, -0.25) is 9.59 Å². The minimum absolute atomic E-state index is 0.187. The lowest BCUT2D eigenvalue weighted by Gasteiger charge is -2.15. The molecule has 7 heteroatoms. The van der Waals surface area contributed by atoms with E-state index in [1.807, 2.05) is 6.92 Å². The minimum atomic E-state index is -0.415. The van der Waals surface area contributed by atoms with Crippen molar-refractivity contribution in [2.75, 3.05) is 5.32 Å². The van der Waals surface area contributed by atoms with Gasteiger partial charge in [-0.05, 0) is 44.2 Å². The van der Waals surface area contributed by atoms with Gasteiger partial charge in [0.1, 0.15) is 12.1 Å². The Morgan fingerprint density at radius 2 is 1.88 bits per heavy atom. The number of hydrogen-bond acceptors (Lipinski definition) is 5. The van der Waals surface area contributed by atoms with E-state index in [0.29, 0.717) is 22.7 Å². The number of furan rings is 1. The quantitative estimate of drug-likeness (QED) is 0.737. The van der Waals surface area contributed by atoms with E-state index < -0.39 is 5.91 Å². The van der Waals surface area contributed by atoms with Crippen molar-refractivity contribution in [3.8, 4) is 0 Å². The zero-order chi connectivity index (χ0) is 18.5. The molecule has 0 aliphatic carbocycles. The van der Waals surface area contributed by atoms with E-state index in [1.54, 1.807) is 55.6 Å². The van der Waals surface area contributed by atoms with Gasteiger partial charge < -0.3 is 15.1 Å². The first-order valence-corrected chi connectivity index (χ1v) is 8.08. The van der Waals surface area contributed by atoms with Crippen LogP contribution in [0.15, 0.2) is 59.4 Å². The summed E-state index contributed by atoms with van der Waals surface area (Å²) in [6, 6.07) is 11.5. The van der Waals surface area contributed by atoms with Crippen LogP contribution in [0.3, 0.4) is 0 Å². The molecule has 0 fully saturated rings. The molecule has 7 nitrogen and oxygen atoms in total. The summed E-state index contributed by atoms with van der Waals surface area (Å²) < 4.78 is 5.31. The normalized spacial score (nSPS) is 11.6. The molecule has 1 aromatic carbocycles. The molecule has 132 valence electrons. The molecule has 3 rings (SSSR count). The molecule has 1 atom stereocenters. The van der Waals surface area contributed by atoms with E-state index in [1.165, 1.54) is 6.33 Å². The van der Waals surface area contributed by atoms with Crippen molar-refractivity contribution in [3.05, 3.63) is 77.8 Å². The van der Waals surface area contributed by atoms with E-state index in [4.69, 9.17) is 4.42 Å². The molecular formula is C19H18N4O3. The van der Waals surface area contributed by atoms with Gasteiger partial charge in [0.2, 0.25) is 0 Å². The number of aryl methyl sites for hydroxylation is 1. The number of amides is 2. The topological polar surface area (TPSA) is 97.1 Å². The Labute approximate surface area is 150 Å². The van der Waals surface area contributed by atoms with Crippen molar-refractivity contribution >= 4 is 17.5 Å². The van der Waals surface area contributed by atoms with Gasteiger partial charge in [-0.15, -0.1) is 0 Å². The molecule has 26 heavy (non-hydrogen) atoms. The number of nitrogens with one attached hydrogen (secondary N) is 2. The predicted molar refractivity (Wildman–Crippen MR) is 95.8 cm³/mol. The largest absolute Gasteiger partial charge is 0.456 e. The Bertz CT molecular complexity index is 921. The average Bonchev–Trinajstić information content (AvgIpc) is 3.09. The number of hydrogen-bond donors (Lipinski definition) is 2. The standard InChI is InChI=1S/C19H18N4O3/c1-12-7-8-17(26-12)19(25)23-16-6-4-3-5-14(16)18(24)22-13(2)15-9-10-20-11-21-15/h3-11,13H,1-2H3,(H,22,24)(H,23,25). The predicted octanol–water partition coefficient (Wildman–Crippen LogP) is 3.12. The number of benzene rings is 1. The van der Waals surface area contributed by atoms with E-state index in [-0.39, 0.29) is 17.7 Å². The summed E-state index contributed by atoms with van der Waals surface area (Å²) in [5, 5.41) is 5.58. The molecule has 1 unspecified atom stereocenters. The molecule has 2 N–H and O–H groups in total. The van der Waals surface area contributed by atoms with Crippen molar-refractivity contribution in [3.63, 3.8) is 0 Å². The summed E-state index contributed by atoms with van der Waals surface area (Å²) in [5.74, 6) is 0.0942. The number of aromatic nitrogens is 2. The fourth-order valence-corrected chi connectivity index (χ4v) is 2.44. The Balaban J connectivity index is 1.76. The van der Waals surface area contributed by atoms with Crippen LogP contribution in [0.1, 0.15) is 45.3 Å². The lowest BCUT2D eigenvalue weighted by Crippen LogP contribution is -2.28. The smallest absolute Gasteiger partial charge is 0.291 e. The highest BCUT2D eigenvalue weighted by molar-refractivity contribution is 6.07. The Morgan fingerprint density at radius 3 is 2.58 bits per heavy atom. The number of carbonyl (C=O) groups is 2. The van der Waals surface area contributed by atoms with E-state index >= 15 is 0 Å². The van der Waals surface area contributed by atoms with Crippen LogP contribution in [-0.2, 0) is 0 Å². The number of anilines is 1. The van der Waals surface area contributed by atoms with Crippen LogP contribution >= 0.6 is 0 Å². The lowest BCUT2D eigenvalue weighted by atomic mass is 10.1. The highest BCUT2D eigenvalue weighted by atomic mass is 16.3. The van der Waals surface area contributed by atoms with Gasteiger partial charge in [-0.25, -0.2) is 9.97 Å². The summed E-state index contributed by atoms with van der Waals surface area (Å²) in [7, 11) is 0. The van der Waals surface area contributed by atoms with Crippen LogP contribution in [0, 0.1) is 6.92 Å². The van der Waals surface area contributed by atoms with Gasteiger partial charge in [-0.2, -0.15) is 0 Å². The van der Waals surface area contributed by atoms with E-state index in [9.17, 15) is 9.59 Å². The molecule has 0 saturated carbocycles. The first-order valence-electron chi connectivity index (χ1n) is 8.08. The molecule has 0 aliphatic rings. The molecular weight excluding hydrogens is 332 g/mol. The van der Waals surface area contributed by atoms with Crippen LogP contribution < -0.4 is 10.6 Å². The van der Waals surface area contributed by atoms with Crippen LogP contribution in [0.4, 0.5) is 5.69 Å². The van der Waals surface area contributed by atoms with Gasteiger partial charge in [0, 0.05) is 6.20 Å². The van der Waals surface area contributed by atoms with Gasteiger partial charge >= 0.3 is 0 Å². The summed E-state index contributed by atoms with van der Waals surface area (Å²) >= 11 is 0. The third-order valence-electron chi connectivity index (χ3n) is 3.78. The van der Waals surface area contributed by atoms with Gasteiger partial charge in [0.15, 0.2) is 5.76 Å². The highest BCUT2D eigenvalue weighted by Gasteiger charge is 2.18. The minimum Gasteiger partial charge on any atom is -0.456 e. The third kappa shape index (κ3) is 3.94. The molecule has 0 saturated heterocycles. The molecule has 0 bridgehead atoms. The Morgan fingerprint density at radius 1 is 1.08 bits per heavy atom. The van der Waals surface area contributed by atoms with Crippen LogP contribution in [0.5, 0.6) is 0 Å². The molecule has 2 amide bonds. The number of para-hydroxylation sites is 1. The number of nitrogens with zero attached hydrogens (tertiary/aromatic N) is 2. The number of carbonyl (C=O) groups excluding carboxylic acids is 2. The first-order chi connectivity index (χ1) is 12.5. The van der Waals surface area contributed by atoms with Crippen LogP contribution in [0.2, 0.25) is 0 Å². The maximum Gasteiger partial charge on any atom is 0.291 e. The summed E-state index contributed by atoms with van der Waals surface area (Å²) in [5.41, 5.74) is 1.45. The summed E-state index contributed by atoms with van der Waals surface area (Å²) in [4.78, 5) is 32.9. The van der Waals surface area contributed by atoms with Crippen LogP contribution in [-0.4, -0.2) is 21.8 Å². The Kier molecular flexibility index (Phi) is 5.07. The van der Waals surface area contributed by atoms with Crippen molar-refractivity contribution in [1.29, 1.82) is 0 Å². The highest BCUT2D eigenvalue weighted by Crippen LogP contribution is 2.18. The van der Waals surface area contributed by atoms with Crippen molar-refractivity contribution in [2.45, 2.75) is 19.9 Å². The van der Waals surface area contributed by atoms with Crippen molar-refractivity contribution < 1.29 is 14.0 Å². The maximum absolute atomic E-state index is 12.6. The molecule has 3 aromatic rings. The van der Waals surface area contributed by atoms with E-state index in [0.717, 1.165) is 0 Å². The average molecular weight is 350 g/mol. The second-order valence-electron chi connectivity index (χ2n) is 5.74. The summed E-state index contributed by atoms with van der Waals surface area (Å²) in [6.07, 6.45) is 3.04.